The lowest BCUT2D eigenvalue weighted by Crippen LogP contribution is -2.60. The standard InChI is InChI=1S/C54H100N2O8/c1-13-15-17-19-21-23-25-27-29-31-33-35-61-47(57)37-45(49(59)63-43-39-51(3,4)55(11)52(5,6)40-43)46(50(60)64-44-41-53(7,8)56(12)54(9,10)42-44)38-48(58)62-36-34-32-30-28-26-24-22-20-18-16-14-2/h43-46H,13-42H2,1-12H3. The van der Waals surface area contributed by atoms with E-state index < -0.39 is 47.9 Å². The molecule has 2 fully saturated rings. The van der Waals surface area contributed by atoms with E-state index >= 15 is 0 Å². The number of rotatable bonds is 33. The lowest BCUT2D eigenvalue weighted by Gasteiger charge is -2.53. The van der Waals surface area contributed by atoms with Crippen LogP contribution in [0.5, 0.6) is 0 Å². The highest BCUT2D eigenvalue weighted by Crippen LogP contribution is 2.41. The number of piperidine rings is 2. The van der Waals surface area contributed by atoms with Crippen molar-refractivity contribution in [1.29, 1.82) is 0 Å². The van der Waals surface area contributed by atoms with Gasteiger partial charge in [-0.3, -0.25) is 29.0 Å². The van der Waals surface area contributed by atoms with Crippen molar-refractivity contribution >= 4 is 23.9 Å². The van der Waals surface area contributed by atoms with Crippen molar-refractivity contribution in [2.24, 2.45) is 11.8 Å². The second-order valence-corrected chi connectivity index (χ2v) is 22.4. The second-order valence-electron chi connectivity index (χ2n) is 22.4. The number of unbranched alkanes of at least 4 members (excludes halogenated alkanes) is 20. The zero-order valence-electron chi connectivity index (χ0n) is 43.7. The van der Waals surface area contributed by atoms with E-state index in [1.807, 2.05) is 0 Å². The third-order valence-electron chi connectivity index (χ3n) is 15.0. The molecule has 0 amide bonds. The lowest BCUT2D eigenvalue weighted by molar-refractivity contribution is -0.180. The van der Waals surface area contributed by atoms with E-state index in [0.29, 0.717) is 25.7 Å². The van der Waals surface area contributed by atoms with Gasteiger partial charge in [-0.15, -0.1) is 0 Å². The number of carbonyl (C=O) groups excluding carboxylic acids is 4. The van der Waals surface area contributed by atoms with E-state index in [1.165, 1.54) is 103 Å². The average molecular weight is 905 g/mol. The minimum Gasteiger partial charge on any atom is -0.466 e. The monoisotopic (exact) mass is 905 g/mol. The minimum atomic E-state index is -1.27. The molecule has 374 valence electrons. The van der Waals surface area contributed by atoms with Crippen LogP contribution in [0.15, 0.2) is 0 Å². The molecule has 2 heterocycles. The summed E-state index contributed by atoms with van der Waals surface area (Å²) in [6, 6.07) is 0. The van der Waals surface area contributed by atoms with Crippen molar-refractivity contribution in [3.63, 3.8) is 0 Å². The summed E-state index contributed by atoms with van der Waals surface area (Å²) in [6.07, 6.45) is 26.7. The number of nitrogens with zero attached hydrogens (tertiary/aromatic N) is 2. The first-order chi connectivity index (χ1) is 30.2. The van der Waals surface area contributed by atoms with Crippen LogP contribution in [-0.2, 0) is 38.1 Å². The smallest absolute Gasteiger partial charge is 0.310 e. The molecule has 10 heteroatoms. The van der Waals surface area contributed by atoms with Crippen LogP contribution in [0.1, 0.15) is 249 Å². The summed E-state index contributed by atoms with van der Waals surface area (Å²) >= 11 is 0. The van der Waals surface area contributed by atoms with Gasteiger partial charge in [0.05, 0.1) is 37.9 Å². The Morgan fingerprint density at radius 1 is 0.422 bits per heavy atom. The van der Waals surface area contributed by atoms with Gasteiger partial charge in [-0.2, -0.15) is 0 Å². The quantitative estimate of drug-likeness (QED) is 0.0358. The van der Waals surface area contributed by atoms with Gasteiger partial charge >= 0.3 is 23.9 Å². The normalized spacial score (nSPS) is 19.8. The number of carbonyl (C=O) groups is 4. The molecule has 2 unspecified atom stereocenters. The van der Waals surface area contributed by atoms with Crippen LogP contribution in [0, 0.1) is 11.8 Å². The highest BCUT2D eigenvalue weighted by molar-refractivity contribution is 5.88. The predicted octanol–water partition coefficient (Wildman–Crippen LogP) is 13.1. The van der Waals surface area contributed by atoms with Gasteiger partial charge in [-0.1, -0.05) is 142 Å². The molecule has 0 radical (unpaired) electrons. The van der Waals surface area contributed by atoms with Crippen LogP contribution in [0.2, 0.25) is 0 Å². The van der Waals surface area contributed by atoms with E-state index in [0.717, 1.165) is 38.5 Å². The molecular weight excluding hydrogens is 805 g/mol. The molecule has 2 rings (SSSR count). The molecule has 0 N–H and O–H groups in total. The molecule has 0 saturated carbocycles. The fourth-order valence-electron chi connectivity index (χ4n) is 10.4. The van der Waals surface area contributed by atoms with Crippen molar-refractivity contribution < 1.29 is 38.1 Å². The van der Waals surface area contributed by atoms with Gasteiger partial charge in [-0.05, 0) is 82.3 Å². The summed E-state index contributed by atoms with van der Waals surface area (Å²) in [4.78, 5) is 61.1. The van der Waals surface area contributed by atoms with E-state index in [4.69, 9.17) is 18.9 Å². The number of ether oxygens (including phenoxy) is 4. The molecule has 0 aromatic carbocycles. The van der Waals surface area contributed by atoms with E-state index in [1.54, 1.807) is 0 Å². The van der Waals surface area contributed by atoms with Crippen LogP contribution in [0.4, 0.5) is 0 Å². The fraction of sp³-hybridized carbons (Fsp3) is 0.926. The molecule has 2 aliphatic rings. The van der Waals surface area contributed by atoms with Gasteiger partial charge < -0.3 is 18.9 Å². The number of hydrogen-bond donors (Lipinski definition) is 0. The first-order valence-corrected chi connectivity index (χ1v) is 26.4. The summed E-state index contributed by atoms with van der Waals surface area (Å²) in [5, 5.41) is 0. The Balaban J connectivity index is 2.21. The van der Waals surface area contributed by atoms with E-state index in [-0.39, 0.29) is 48.2 Å². The molecule has 0 bridgehead atoms. The minimum absolute atomic E-state index is 0.241. The Kier molecular flexibility index (Phi) is 26.7. The van der Waals surface area contributed by atoms with Crippen LogP contribution in [-0.4, -0.2) is 95.3 Å². The van der Waals surface area contributed by atoms with Crippen LogP contribution >= 0.6 is 0 Å². The molecule has 2 aliphatic heterocycles. The van der Waals surface area contributed by atoms with Crippen LogP contribution in [0.3, 0.4) is 0 Å². The zero-order chi connectivity index (χ0) is 47.8. The molecular formula is C54H100N2O8. The highest BCUT2D eigenvalue weighted by Gasteiger charge is 2.49. The van der Waals surface area contributed by atoms with Gasteiger partial charge in [0, 0.05) is 47.8 Å². The third kappa shape index (κ3) is 21.6. The van der Waals surface area contributed by atoms with Gasteiger partial charge in [0.25, 0.3) is 0 Å². The first kappa shape index (κ1) is 57.9. The Bertz CT molecular complexity index is 1210. The lowest BCUT2D eigenvalue weighted by atomic mass is 9.78. The fourth-order valence-corrected chi connectivity index (χ4v) is 10.4. The zero-order valence-corrected chi connectivity index (χ0v) is 43.7. The Morgan fingerprint density at radius 2 is 0.656 bits per heavy atom. The summed E-state index contributed by atoms with van der Waals surface area (Å²) in [5.74, 6) is -5.04. The molecule has 64 heavy (non-hydrogen) atoms. The van der Waals surface area contributed by atoms with Crippen molar-refractivity contribution in [1.82, 2.24) is 9.80 Å². The Morgan fingerprint density at radius 3 is 0.906 bits per heavy atom. The summed E-state index contributed by atoms with van der Waals surface area (Å²) in [5.41, 5.74) is -1.06. The largest absolute Gasteiger partial charge is 0.466 e. The second kappa shape index (κ2) is 29.5. The summed E-state index contributed by atoms with van der Waals surface area (Å²) < 4.78 is 24.1. The average Bonchev–Trinajstić information content (AvgIpc) is 3.20. The van der Waals surface area contributed by atoms with Crippen molar-refractivity contribution in [3.8, 4) is 0 Å². The SMILES string of the molecule is CCCCCCCCCCCCCOC(=O)CC(C(=O)OC1CC(C)(C)N(C)C(C)(C)C1)C(CC(=O)OCCCCCCCCCCCCC)C(=O)OC1CC(C)(C)N(C)C(C)(C)C1. The Labute approximate surface area is 393 Å². The van der Waals surface area contributed by atoms with Gasteiger partial charge in [-0.25, -0.2) is 0 Å². The van der Waals surface area contributed by atoms with Crippen LogP contribution in [0.25, 0.3) is 0 Å². The van der Waals surface area contributed by atoms with Gasteiger partial charge in [0.1, 0.15) is 12.2 Å². The number of likely N-dealkylation sites (tertiary alicyclic amines) is 2. The van der Waals surface area contributed by atoms with E-state index in [2.05, 4.69) is 93.1 Å². The summed E-state index contributed by atoms with van der Waals surface area (Å²) in [6.45, 7) is 22.0. The molecule has 0 aliphatic carbocycles. The Hall–Kier alpha value is -2.20. The molecule has 0 spiro atoms. The van der Waals surface area contributed by atoms with E-state index in [9.17, 15) is 19.2 Å². The maximum Gasteiger partial charge on any atom is 0.310 e. The highest BCUT2D eigenvalue weighted by atomic mass is 16.6. The molecule has 10 nitrogen and oxygen atoms in total. The van der Waals surface area contributed by atoms with Crippen LogP contribution < -0.4 is 0 Å². The summed E-state index contributed by atoms with van der Waals surface area (Å²) in [7, 11) is 4.18. The molecule has 0 aromatic rings. The number of esters is 4. The maximum atomic E-state index is 14.6. The first-order valence-electron chi connectivity index (χ1n) is 26.4. The maximum absolute atomic E-state index is 14.6. The molecule has 2 atom stereocenters. The van der Waals surface area contributed by atoms with Gasteiger partial charge in [0.15, 0.2) is 0 Å². The number of hydrogen-bond acceptors (Lipinski definition) is 10. The molecule has 2 saturated heterocycles. The third-order valence-corrected chi connectivity index (χ3v) is 15.0. The predicted molar refractivity (Wildman–Crippen MR) is 261 cm³/mol. The molecule has 0 aromatic heterocycles. The van der Waals surface area contributed by atoms with Crippen molar-refractivity contribution in [3.05, 3.63) is 0 Å². The van der Waals surface area contributed by atoms with Crippen molar-refractivity contribution in [2.45, 2.75) is 283 Å². The topological polar surface area (TPSA) is 112 Å². The van der Waals surface area contributed by atoms with Crippen molar-refractivity contribution in [2.75, 3.05) is 27.3 Å². The van der Waals surface area contributed by atoms with Gasteiger partial charge in [0.2, 0.25) is 0 Å².